The first-order valence-corrected chi connectivity index (χ1v) is 18.6. The van der Waals surface area contributed by atoms with E-state index in [1.807, 2.05) is 43.3 Å². The summed E-state index contributed by atoms with van der Waals surface area (Å²) in [4.78, 5) is 59.6. The van der Waals surface area contributed by atoms with Crippen LogP contribution in [0.2, 0.25) is 0 Å². The number of rotatable bonds is 17. The van der Waals surface area contributed by atoms with Crippen molar-refractivity contribution in [3.63, 3.8) is 0 Å². The van der Waals surface area contributed by atoms with Gasteiger partial charge in [-0.3, -0.25) is 19.2 Å². The van der Waals surface area contributed by atoms with Crippen LogP contribution in [0.4, 0.5) is 0 Å². The number of carbonyl (C=O) groups excluding carboxylic acids is 4. The number of hydrogen-bond acceptors (Lipinski definition) is 9. The number of ketones is 2. The molecule has 0 radical (unpaired) electrons. The molecule has 10 nitrogen and oxygen atoms in total. The lowest BCUT2D eigenvalue weighted by atomic mass is 9.83. The van der Waals surface area contributed by atoms with Gasteiger partial charge in [-0.15, -0.1) is 11.3 Å². The van der Waals surface area contributed by atoms with Gasteiger partial charge in [0.25, 0.3) is 0 Å². The fourth-order valence-corrected chi connectivity index (χ4v) is 7.99. The minimum atomic E-state index is -0.790. The number of nitrogens with one attached hydrogen (secondary N) is 2. The highest BCUT2D eigenvalue weighted by Gasteiger charge is 2.36. The third-order valence-electron chi connectivity index (χ3n) is 9.73. The highest BCUT2D eigenvalue weighted by atomic mass is 32.1. The molecule has 3 heterocycles. The molecular formula is C38H50N4O6S. The molecule has 0 bridgehead atoms. The van der Waals surface area contributed by atoms with Crippen molar-refractivity contribution in [1.29, 1.82) is 0 Å². The number of hydrogen-bond donors (Lipinski definition) is 3. The Balaban J connectivity index is 1.34. The average Bonchev–Trinajstić information content (AvgIpc) is 3.51. The summed E-state index contributed by atoms with van der Waals surface area (Å²) in [6.45, 7) is 5.81. The number of aromatic nitrogens is 1. The second-order valence-corrected chi connectivity index (χ2v) is 14.5. The minimum Gasteiger partial charge on any atom is -0.493 e. The summed E-state index contributed by atoms with van der Waals surface area (Å²) >= 11 is 1.53. The second-order valence-electron chi connectivity index (χ2n) is 13.4. The van der Waals surface area contributed by atoms with Gasteiger partial charge in [0.2, 0.25) is 11.8 Å². The number of amides is 2. The molecule has 4 N–H and O–H groups in total. The predicted molar refractivity (Wildman–Crippen MR) is 190 cm³/mol. The molecule has 1 fully saturated rings. The lowest BCUT2D eigenvalue weighted by Crippen LogP contribution is -2.50. The van der Waals surface area contributed by atoms with Crippen LogP contribution in [0.3, 0.4) is 0 Å². The third kappa shape index (κ3) is 9.95. The number of thiazole rings is 1. The van der Waals surface area contributed by atoms with Gasteiger partial charge in [-0.2, -0.15) is 0 Å². The Morgan fingerprint density at radius 2 is 1.78 bits per heavy atom. The van der Waals surface area contributed by atoms with Crippen LogP contribution in [0, 0.1) is 24.7 Å². The van der Waals surface area contributed by atoms with Crippen LogP contribution in [0.5, 0.6) is 5.75 Å². The summed E-state index contributed by atoms with van der Waals surface area (Å²) < 4.78 is 12.4. The van der Waals surface area contributed by atoms with Gasteiger partial charge in [-0.05, 0) is 68.8 Å². The maximum absolute atomic E-state index is 14.3. The molecule has 5 rings (SSSR count). The van der Waals surface area contributed by atoms with E-state index < -0.39 is 17.9 Å². The number of benzene rings is 2. The van der Waals surface area contributed by atoms with E-state index in [9.17, 15) is 19.2 Å². The lowest BCUT2D eigenvalue weighted by molar-refractivity contribution is -0.136. The first kappa shape index (κ1) is 36.6. The van der Waals surface area contributed by atoms with Gasteiger partial charge < -0.3 is 25.8 Å². The van der Waals surface area contributed by atoms with E-state index in [2.05, 4.69) is 16.7 Å². The van der Waals surface area contributed by atoms with Crippen LogP contribution in [-0.2, 0) is 30.3 Å². The average molecular weight is 691 g/mol. The second kappa shape index (κ2) is 17.8. The maximum atomic E-state index is 14.3. The molecule has 11 heteroatoms. The van der Waals surface area contributed by atoms with Crippen molar-refractivity contribution in [3.8, 4) is 5.75 Å². The first-order valence-electron chi connectivity index (χ1n) is 17.8. The minimum absolute atomic E-state index is 0.000642. The van der Waals surface area contributed by atoms with Gasteiger partial charge in [0.1, 0.15) is 11.5 Å². The van der Waals surface area contributed by atoms with Crippen molar-refractivity contribution in [1.82, 2.24) is 15.6 Å². The predicted octanol–water partition coefficient (Wildman–Crippen LogP) is 5.39. The van der Waals surface area contributed by atoms with Crippen LogP contribution in [0.15, 0.2) is 42.5 Å². The highest BCUT2D eigenvalue weighted by Crippen LogP contribution is 2.33. The molecule has 3 aromatic rings. The lowest BCUT2D eigenvalue weighted by Gasteiger charge is -2.32. The zero-order valence-electron chi connectivity index (χ0n) is 28.7. The quantitative estimate of drug-likeness (QED) is 0.160. The number of aryl methyl sites for hydroxylation is 1. The van der Waals surface area contributed by atoms with Crippen molar-refractivity contribution in [2.45, 2.75) is 90.1 Å². The molecule has 2 amide bonds. The molecule has 1 aromatic heterocycles. The topological polar surface area (TPSA) is 150 Å². The summed E-state index contributed by atoms with van der Waals surface area (Å²) in [5, 5.41) is 7.08. The number of nitrogens with two attached hydrogens (primary N) is 1. The summed E-state index contributed by atoms with van der Waals surface area (Å²) in [6.07, 6.45) is 4.55. The Kier molecular flexibility index (Phi) is 13.3. The molecule has 2 aliphatic rings. The highest BCUT2D eigenvalue weighted by molar-refractivity contribution is 7.18. The van der Waals surface area contributed by atoms with Crippen molar-refractivity contribution in [2.24, 2.45) is 23.5 Å². The number of nitrogens with zero attached hydrogens (tertiary/aromatic N) is 1. The monoisotopic (exact) mass is 690 g/mol. The molecule has 264 valence electrons. The molecular weight excluding hydrogens is 641 g/mol. The summed E-state index contributed by atoms with van der Waals surface area (Å²) in [5.74, 6) is -1.30. The molecule has 2 aliphatic heterocycles. The molecule has 49 heavy (non-hydrogen) atoms. The Bertz CT molecular complexity index is 1600. The Labute approximate surface area is 292 Å². The molecule has 1 saturated heterocycles. The number of para-hydroxylation sites is 1. The van der Waals surface area contributed by atoms with E-state index in [0.717, 1.165) is 38.5 Å². The summed E-state index contributed by atoms with van der Waals surface area (Å²) in [5.41, 5.74) is 8.71. The van der Waals surface area contributed by atoms with E-state index >= 15 is 0 Å². The largest absolute Gasteiger partial charge is 0.493 e. The van der Waals surface area contributed by atoms with Gasteiger partial charge in [-0.25, -0.2) is 4.98 Å². The van der Waals surface area contributed by atoms with Crippen LogP contribution in [0.25, 0.3) is 10.2 Å². The van der Waals surface area contributed by atoms with Crippen LogP contribution >= 0.6 is 11.3 Å². The number of carbonyl (C=O) groups is 4. The Morgan fingerprint density at radius 3 is 2.55 bits per heavy atom. The maximum Gasteiger partial charge on any atom is 0.224 e. The zero-order chi connectivity index (χ0) is 34.8. The number of fused-ring (bicyclic) bond motifs is 2. The van der Waals surface area contributed by atoms with E-state index in [1.165, 1.54) is 11.3 Å². The van der Waals surface area contributed by atoms with Gasteiger partial charge in [-0.1, -0.05) is 37.6 Å². The van der Waals surface area contributed by atoms with E-state index in [4.69, 9.17) is 20.2 Å². The van der Waals surface area contributed by atoms with Crippen molar-refractivity contribution in [2.75, 3.05) is 26.4 Å². The SMILES string of the molecule is CCC(=O)C[C@@H](Cc1nc2ccc(C)cc2s1)C(=O)N[C@H](C(=O)C[C@@H](CCCCN)C(=O)N[C@@H]1CCOc2ccccc21)C1CCOCC1. The molecule has 2 aromatic carbocycles. The van der Waals surface area contributed by atoms with Gasteiger partial charge >= 0.3 is 0 Å². The molecule has 0 saturated carbocycles. The van der Waals surface area contributed by atoms with Crippen LogP contribution in [0.1, 0.15) is 86.9 Å². The van der Waals surface area contributed by atoms with E-state index in [0.29, 0.717) is 71.3 Å². The van der Waals surface area contributed by atoms with Gasteiger partial charge in [0, 0.05) is 56.8 Å². The zero-order valence-corrected chi connectivity index (χ0v) is 29.5. The Morgan fingerprint density at radius 1 is 0.980 bits per heavy atom. The Hall–Kier alpha value is -3.67. The molecule has 0 unspecified atom stereocenters. The molecule has 0 spiro atoms. The molecule has 0 aliphatic carbocycles. The number of Topliss-reactive ketones (excluding diaryl/α,β-unsaturated/α-hetero) is 2. The van der Waals surface area contributed by atoms with Crippen molar-refractivity contribution < 1.29 is 28.7 Å². The van der Waals surface area contributed by atoms with Crippen LogP contribution < -0.4 is 21.1 Å². The van der Waals surface area contributed by atoms with Crippen LogP contribution in [-0.4, -0.2) is 60.8 Å². The summed E-state index contributed by atoms with van der Waals surface area (Å²) in [7, 11) is 0. The number of unbranched alkanes of at least 4 members (excludes halogenated alkanes) is 1. The summed E-state index contributed by atoms with van der Waals surface area (Å²) in [6, 6.07) is 12.7. The fraction of sp³-hybridized carbons (Fsp3) is 0.553. The fourth-order valence-electron chi connectivity index (χ4n) is 6.85. The van der Waals surface area contributed by atoms with Gasteiger partial charge in [0.15, 0.2) is 5.78 Å². The van der Waals surface area contributed by atoms with E-state index in [1.54, 1.807) is 6.92 Å². The van der Waals surface area contributed by atoms with Crippen molar-refractivity contribution in [3.05, 3.63) is 58.6 Å². The smallest absolute Gasteiger partial charge is 0.224 e. The molecule has 4 atom stereocenters. The van der Waals surface area contributed by atoms with Gasteiger partial charge in [0.05, 0.1) is 39.8 Å². The standard InChI is InChI=1S/C38H50N4O6S/c1-3-28(43)21-27(23-35-40-31-12-11-24(2)20-34(31)49-35)38(46)42-36(25-13-17-47-18-14-25)32(44)22-26(8-6-7-16-39)37(45)41-30-15-19-48-33-10-5-4-9-29(30)33/h4-5,9-12,20,25-27,30,36H,3,6-8,13-19,21-23,39H2,1-2H3,(H,41,45)(H,42,46)/t26-,27+,30-,36+/m1/s1. The normalized spacial score (nSPS) is 18.1. The van der Waals surface area contributed by atoms with Crippen molar-refractivity contribution >= 4 is 44.9 Å². The third-order valence-corrected chi connectivity index (χ3v) is 10.8. The number of ether oxygens (including phenoxy) is 2. The first-order chi connectivity index (χ1) is 23.7. The van der Waals surface area contributed by atoms with E-state index in [-0.39, 0.29) is 48.2 Å².